The molecular weight excluding hydrogens is 438 g/mol. The quantitative estimate of drug-likeness (QED) is 0.570. The van der Waals surface area contributed by atoms with Gasteiger partial charge in [-0.1, -0.05) is 25.4 Å². The van der Waals surface area contributed by atoms with Crippen LogP contribution in [0.4, 0.5) is 5.13 Å². The van der Waals surface area contributed by atoms with Gasteiger partial charge in [0.2, 0.25) is 0 Å². The number of sulfone groups is 1. The first kappa shape index (κ1) is 20.9. The fourth-order valence-electron chi connectivity index (χ4n) is 2.38. The summed E-state index contributed by atoms with van der Waals surface area (Å²) in [5.41, 5.74) is 0.490. The number of rotatable bonds is 6. The van der Waals surface area contributed by atoms with Crippen molar-refractivity contribution in [2.45, 2.75) is 37.3 Å². The van der Waals surface area contributed by atoms with Crippen LogP contribution in [0.15, 0.2) is 35.4 Å². The third-order valence-electron chi connectivity index (χ3n) is 3.85. The fraction of sp³-hybridized carbons (Fsp3) is 0.278. The predicted octanol–water partition coefficient (Wildman–Crippen LogP) is 4.91. The van der Waals surface area contributed by atoms with Crippen LogP contribution in [0.5, 0.6) is 0 Å². The molecule has 0 unspecified atom stereocenters. The van der Waals surface area contributed by atoms with Crippen LogP contribution in [-0.4, -0.2) is 24.3 Å². The van der Waals surface area contributed by atoms with Crippen molar-refractivity contribution in [1.29, 1.82) is 0 Å². The molecule has 3 rings (SSSR count). The highest BCUT2D eigenvalue weighted by atomic mass is 35.5. The minimum Gasteiger partial charge on any atom is -0.297 e. The van der Waals surface area contributed by atoms with E-state index in [1.54, 1.807) is 13.1 Å². The van der Waals surface area contributed by atoms with Gasteiger partial charge in [-0.15, -0.1) is 22.7 Å². The van der Waals surface area contributed by atoms with Crippen LogP contribution >= 0.6 is 34.3 Å². The SMILES string of the molecule is Cc1nc(CS(=O)(=O)c2ccc(Cl)cc2)sc1C(=O)Nc1ncc(C(C)C)s1. The van der Waals surface area contributed by atoms with Gasteiger partial charge in [-0.25, -0.2) is 18.4 Å². The Morgan fingerprint density at radius 1 is 1.21 bits per heavy atom. The summed E-state index contributed by atoms with van der Waals surface area (Å²) < 4.78 is 25.2. The smallest absolute Gasteiger partial charge is 0.269 e. The second-order valence-electron chi connectivity index (χ2n) is 6.41. The lowest BCUT2D eigenvalue weighted by Gasteiger charge is -2.02. The number of hydrogen-bond acceptors (Lipinski definition) is 7. The molecule has 0 saturated carbocycles. The number of carbonyl (C=O) groups is 1. The fourth-order valence-corrected chi connectivity index (χ4v) is 5.88. The lowest BCUT2D eigenvalue weighted by atomic mass is 10.2. The molecule has 0 aliphatic rings. The molecule has 0 atom stereocenters. The van der Waals surface area contributed by atoms with E-state index in [1.807, 2.05) is 0 Å². The Hall–Kier alpha value is -1.81. The van der Waals surface area contributed by atoms with Gasteiger partial charge in [0, 0.05) is 16.1 Å². The Kier molecular flexibility index (Phi) is 6.18. The predicted molar refractivity (Wildman–Crippen MR) is 113 cm³/mol. The summed E-state index contributed by atoms with van der Waals surface area (Å²) in [6.07, 6.45) is 1.74. The number of amides is 1. The van der Waals surface area contributed by atoms with Crippen molar-refractivity contribution >= 4 is 55.2 Å². The van der Waals surface area contributed by atoms with Crippen LogP contribution in [0.2, 0.25) is 5.02 Å². The van der Waals surface area contributed by atoms with E-state index >= 15 is 0 Å². The van der Waals surface area contributed by atoms with Gasteiger partial charge >= 0.3 is 0 Å². The van der Waals surface area contributed by atoms with E-state index in [-0.39, 0.29) is 16.6 Å². The third kappa shape index (κ3) is 4.78. The molecule has 1 amide bonds. The van der Waals surface area contributed by atoms with Crippen molar-refractivity contribution in [3.8, 4) is 0 Å². The third-order valence-corrected chi connectivity index (χ3v) is 8.29. The number of hydrogen-bond donors (Lipinski definition) is 1. The number of nitrogens with zero attached hydrogens (tertiary/aromatic N) is 2. The highest BCUT2D eigenvalue weighted by molar-refractivity contribution is 7.90. The molecule has 1 N–H and O–H groups in total. The van der Waals surface area contributed by atoms with Crippen LogP contribution in [-0.2, 0) is 15.6 Å². The van der Waals surface area contributed by atoms with Gasteiger partial charge in [-0.2, -0.15) is 0 Å². The Labute approximate surface area is 176 Å². The first-order valence-corrected chi connectivity index (χ1v) is 12.0. The maximum absolute atomic E-state index is 12.6. The summed E-state index contributed by atoms with van der Waals surface area (Å²) in [7, 11) is -3.58. The minimum absolute atomic E-state index is 0.166. The molecule has 0 fully saturated rings. The average Bonchev–Trinajstić information content (AvgIpc) is 3.21. The number of thiazole rings is 2. The molecular formula is C18H18ClN3O3S3. The van der Waals surface area contributed by atoms with Gasteiger partial charge < -0.3 is 0 Å². The van der Waals surface area contributed by atoms with Gasteiger partial charge in [0.1, 0.15) is 15.6 Å². The van der Waals surface area contributed by atoms with Crippen LogP contribution in [0.3, 0.4) is 0 Å². The Bertz CT molecular complexity index is 1100. The molecule has 0 aliphatic carbocycles. The number of aromatic nitrogens is 2. The van der Waals surface area contributed by atoms with E-state index in [2.05, 4.69) is 29.1 Å². The molecule has 0 aliphatic heterocycles. The molecule has 10 heteroatoms. The van der Waals surface area contributed by atoms with Gasteiger partial charge in [0.25, 0.3) is 5.91 Å². The Morgan fingerprint density at radius 2 is 1.89 bits per heavy atom. The summed E-state index contributed by atoms with van der Waals surface area (Å²) in [5.74, 6) is -0.282. The van der Waals surface area contributed by atoms with Crippen molar-refractivity contribution in [3.05, 3.63) is 55.9 Å². The zero-order valence-corrected chi connectivity index (χ0v) is 18.6. The first-order valence-electron chi connectivity index (χ1n) is 8.37. The molecule has 2 heterocycles. The van der Waals surface area contributed by atoms with Crippen LogP contribution in [0.1, 0.15) is 45.0 Å². The largest absolute Gasteiger partial charge is 0.297 e. The van der Waals surface area contributed by atoms with Crippen molar-refractivity contribution < 1.29 is 13.2 Å². The van der Waals surface area contributed by atoms with E-state index < -0.39 is 9.84 Å². The van der Waals surface area contributed by atoms with E-state index in [0.29, 0.717) is 31.7 Å². The topological polar surface area (TPSA) is 89.0 Å². The standard InChI is InChI=1S/C18H18ClN3O3S3/c1-10(2)14-8-20-18(26-14)22-17(23)16-11(3)21-15(27-16)9-28(24,25)13-6-4-12(19)5-7-13/h4-8,10H,9H2,1-3H3,(H,20,22,23). The molecule has 0 radical (unpaired) electrons. The van der Waals surface area contributed by atoms with E-state index in [9.17, 15) is 13.2 Å². The molecule has 6 nitrogen and oxygen atoms in total. The van der Waals surface area contributed by atoms with E-state index in [0.717, 1.165) is 16.2 Å². The Morgan fingerprint density at radius 3 is 2.50 bits per heavy atom. The van der Waals surface area contributed by atoms with E-state index in [4.69, 9.17) is 11.6 Å². The normalized spacial score (nSPS) is 11.8. The second-order valence-corrected chi connectivity index (χ2v) is 11.0. The summed E-state index contributed by atoms with van der Waals surface area (Å²) in [6.45, 7) is 5.80. The van der Waals surface area contributed by atoms with Gasteiger partial charge in [-0.3, -0.25) is 10.1 Å². The maximum atomic E-state index is 12.6. The molecule has 2 aromatic heterocycles. The number of halogens is 1. The van der Waals surface area contributed by atoms with Crippen molar-refractivity contribution in [1.82, 2.24) is 9.97 Å². The van der Waals surface area contributed by atoms with Crippen molar-refractivity contribution in [3.63, 3.8) is 0 Å². The number of nitrogens with one attached hydrogen (secondary N) is 1. The number of benzene rings is 1. The van der Waals surface area contributed by atoms with Crippen LogP contribution in [0.25, 0.3) is 0 Å². The zero-order chi connectivity index (χ0) is 20.5. The zero-order valence-electron chi connectivity index (χ0n) is 15.4. The molecule has 3 aromatic rings. The highest BCUT2D eigenvalue weighted by Gasteiger charge is 2.22. The monoisotopic (exact) mass is 455 g/mol. The molecule has 1 aromatic carbocycles. The molecule has 28 heavy (non-hydrogen) atoms. The molecule has 0 saturated heterocycles. The van der Waals surface area contributed by atoms with Gasteiger partial charge in [-0.05, 0) is 37.1 Å². The summed E-state index contributed by atoms with van der Waals surface area (Å²) in [5, 5.41) is 4.10. The van der Waals surface area contributed by atoms with Crippen LogP contribution < -0.4 is 5.32 Å². The average molecular weight is 456 g/mol. The lowest BCUT2D eigenvalue weighted by molar-refractivity contribution is 0.103. The van der Waals surface area contributed by atoms with E-state index in [1.165, 1.54) is 35.6 Å². The first-order chi connectivity index (χ1) is 13.2. The minimum atomic E-state index is -3.58. The van der Waals surface area contributed by atoms with Crippen molar-refractivity contribution in [2.24, 2.45) is 0 Å². The van der Waals surface area contributed by atoms with Gasteiger partial charge in [0.15, 0.2) is 15.0 Å². The Balaban J connectivity index is 1.76. The highest BCUT2D eigenvalue weighted by Crippen LogP contribution is 2.28. The van der Waals surface area contributed by atoms with Crippen LogP contribution in [0, 0.1) is 6.92 Å². The summed E-state index contributed by atoms with van der Waals surface area (Å²) >= 11 is 8.30. The van der Waals surface area contributed by atoms with Crippen molar-refractivity contribution in [2.75, 3.05) is 5.32 Å². The number of aryl methyl sites for hydroxylation is 1. The molecule has 148 valence electrons. The summed E-state index contributed by atoms with van der Waals surface area (Å²) in [4.78, 5) is 22.7. The maximum Gasteiger partial charge on any atom is 0.269 e. The summed E-state index contributed by atoms with van der Waals surface area (Å²) in [6, 6.07) is 5.97. The lowest BCUT2D eigenvalue weighted by Crippen LogP contribution is -2.11. The number of carbonyl (C=O) groups excluding carboxylic acids is 1. The molecule has 0 bridgehead atoms. The van der Waals surface area contributed by atoms with Gasteiger partial charge in [0.05, 0.1) is 10.6 Å². The number of anilines is 1. The second kappa shape index (κ2) is 8.28. The molecule has 0 spiro atoms.